The molecule has 0 saturated carbocycles. The molecule has 1 aromatic heterocycles. The molecule has 0 aliphatic heterocycles. The monoisotopic (exact) mass is 320 g/mol. The van der Waals surface area contributed by atoms with Crippen LogP contribution in [0.5, 0.6) is 0 Å². The van der Waals surface area contributed by atoms with Crippen LogP contribution in [-0.4, -0.2) is 26.8 Å². The highest BCUT2D eigenvalue weighted by Gasteiger charge is 2.14. The maximum Gasteiger partial charge on any atom is 0.192 e. The minimum Gasteiger partial charge on any atom is -0.383 e. The summed E-state index contributed by atoms with van der Waals surface area (Å²) in [5.41, 5.74) is 5.07. The number of H-pyrrole nitrogens is 2. The van der Waals surface area contributed by atoms with Gasteiger partial charge in [-0.25, -0.2) is 0 Å². The minimum absolute atomic E-state index is 0.390. The van der Waals surface area contributed by atoms with Gasteiger partial charge in [0.1, 0.15) is 6.10 Å². The molecule has 4 N–H and O–H groups in total. The highest BCUT2D eigenvalue weighted by molar-refractivity contribution is 7.71. The number of aromatic amines is 2. The summed E-state index contributed by atoms with van der Waals surface area (Å²) >= 11 is 4.93. The van der Waals surface area contributed by atoms with Gasteiger partial charge in [0, 0.05) is 12.2 Å². The van der Waals surface area contributed by atoms with Crippen LogP contribution in [0.2, 0.25) is 0 Å². The zero-order chi connectivity index (χ0) is 16.1. The second kappa shape index (κ2) is 7.56. The zero-order valence-corrected chi connectivity index (χ0v) is 14.2. The van der Waals surface area contributed by atoms with Crippen LogP contribution < -0.4 is 5.32 Å². The molecule has 0 aliphatic rings. The molecule has 0 fully saturated rings. The van der Waals surface area contributed by atoms with Crippen molar-refractivity contribution in [3.8, 4) is 0 Å². The van der Waals surface area contributed by atoms with E-state index in [1.165, 1.54) is 16.7 Å². The van der Waals surface area contributed by atoms with Crippen LogP contribution in [-0.2, 0) is 19.3 Å². The summed E-state index contributed by atoms with van der Waals surface area (Å²) in [6.45, 7) is 6.87. The summed E-state index contributed by atoms with van der Waals surface area (Å²) in [5, 5.41) is 20.2. The quantitative estimate of drug-likeness (QED) is 0.590. The number of aliphatic hydroxyl groups is 1. The van der Waals surface area contributed by atoms with Crippen LogP contribution in [0.4, 0.5) is 5.69 Å². The number of aliphatic hydroxyl groups excluding tert-OH is 1. The molecule has 1 unspecified atom stereocenters. The Morgan fingerprint density at radius 3 is 2.27 bits per heavy atom. The van der Waals surface area contributed by atoms with E-state index in [1.807, 2.05) is 0 Å². The van der Waals surface area contributed by atoms with Crippen LogP contribution in [0.25, 0.3) is 0 Å². The van der Waals surface area contributed by atoms with Crippen molar-refractivity contribution in [2.24, 2.45) is 0 Å². The predicted molar refractivity (Wildman–Crippen MR) is 91.8 cm³/mol. The molecule has 0 spiro atoms. The van der Waals surface area contributed by atoms with Gasteiger partial charge in [0.05, 0.1) is 0 Å². The average Bonchev–Trinajstić information content (AvgIpc) is 2.98. The first-order chi connectivity index (χ1) is 10.6. The van der Waals surface area contributed by atoms with E-state index >= 15 is 0 Å². The SMILES string of the molecule is CCc1cc(CC)c(NCC(O)c2n[nH]c(=S)[nH]2)c(CC)c1. The lowest BCUT2D eigenvalue weighted by molar-refractivity contribution is 0.182. The highest BCUT2D eigenvalue weighted by Crippen LogP contribution is 2.26. The summed E-state index contributed by atoms with van der Waals surface area (Å²) in [4.78, 5) is 2.85. The van der Waals surface area contributed by atoms with Crippen molar-refractivity contribution in [3.63, 3.8) is 0 Å². The zero-order valence-electron chi connectivity index (χ0n) is 13.4. The van der Waals surface area contributed by atoms with Gasteiger partial charge in [-0.2, -0.15) is 5.10 Å². The van der Waals surface area contributed by atoms with Crippen molar-refractivity contribution >= 4 is 17.9 Å². The number of rotatable bonds is 7. The average molecular weight is 320 g/mol. The molecule has 2 rings (SSSR count). The smallest absolute Gasteiger partial charge is 0.192 e. The second-order valence-electron chi connectivity index (χ2n) is 5.31. The lowest BCUT2D eigenvalue weighted by Gasteiger charge is -2.18. The minimum atomic E-state index is -0.729. The number of hydrogen-bond donors (Lipinski definition) is 4. The molecule has 0 aliphatic carbocycles. The number of hydrogen-bond acceptors (Lipinski definition) is 4. The molecule has 0 amide bonds. The number of nitrogens with one attached hydrogen (secondary N) is 3. The molecule has 0 radical (unpaired) electrons. The third-order valence-electron chi connectivity index (χ3n) is 3.84. The van der Waals surface area contributed by atoms with E-state index in [4.69, 9.17) is 12.2 Å². The molecular formula is C16H24N4OS. The maximum absolute atomic E-state index is 10.2. The molecule has 1 atom stereocenters. The fraction of sp³-hybridized carbons (Fsp3) is 0.500. The van der Waals surface area contributed by atoms with Crippen LogP contribution in [0, 0.1) is 4.77 Å². The van der Waals surface area contributed by atoms with Gasteiger partial charge in [0.25, 0.3) is 0 Å². The summed E-state index contributed by atoms with van der Waals surface area (Å²) < 4.78 is 0.421. The van der Waals surface area contributed by atoms with E-state index in [9.17, 15) is 5.11 Å². The highest BCUT2D eigenvalue weighted by atomic mass is 32.1. The topological polar surface area (TPSA) is 76.7 Å². The Morgan fingerprint density at radius 2 is 1.82 bits per heavy atom. The molecule has 1 aromatic carbocycles. The van der Waals surface area contributed by atoms with Crippen molar-refractivity contribution in [1.82, 2.24) is 15.2 Å². The Kier molecular flexibility index (Phi) is 5.74. The molecule has 6 heteroatoms. The maximum atomic E-state index is 10.2. The largest absolute Gasteiger partial charge is 0.383 e. The fourth-order valence-corrected chi connectivity index (χ4v) is 2.72. The van der Waals surface area contributed by atoms with Crippen molar-refractivity contribution < 1.29 is 5.11 Å². The first-order valence-corrected chi connectivity index (χ1v) is 8.20. The van der Waals surface area contributed by atoms with Gasteiger partial charge in [0.15, 0.2) is 10.6 Å². The molecule has 0 bridgehead atoms. The molecule has 5 nitrogen and oxygen atoms in total. The summed E-state index contributed by atoms with van der Waals surface area (Å²) in [6, 6.07) is 4.49. The van der Waals surface area contributed by atoms with Crippen molar-refractivity contribution in [2.75, 3.05) is 11.9 Å². The van der Waals surface area contributed by atoms with Gasteiger partial charge < -0.3 is 15.4 Å². The van der Waals surface area contributed by atoms with E-state index in [1.54, 1.807) is 0 Å². The summed E-state index contributed by atoms with van der Waals surface area (Å²) in [7, 11) is 0. The summed E-state index contributed by atoms with van der Waals surface area (Å²) in [5.74, 6) is 0.457. The molecule has 1 heterocycles. The van der Waals surface area contributed by atoms with Crippen molar-refractivity contribution in [3.05, 3.63) is 39.4 Å². The lowest BCUT2D eigenvalue weighted by atomic mass is 9.98. The Bertz CT molecular complexity index is 652. The number of aryl methyl sites for hydroxylation is 3. The number of nitrogens with zero attached hydrogens (tertiary/aromatic N) is 1. The van der Waals surface area contributed by atoms with Crippen molar-refractivity contribution in [2.45, 2.75) is 46.1 Å². The standard InChI is InChI=1S/C16H24N4OS/c1-4-10-7-11(5-2)14(12(6-3)8-10)17-9-13(21)15-18-16(22)20-19-15/h7-8,13,17,21H,4-6,9H2,1-3H3,(H2,18,19,20,22). The summed E-state index contributed by atoms with van der Waals surface area (Å²) in [6.07, 6.45) is 2.23. The van der Waals surface area contributed by atoms with Gasteiger partial charge in [-0.15, -0.1) is 0 Å². The van der Waals surface area contributed by atoms with Crippen LogP contribution >= 0.6 is 12.2 Å². The first kappa shape index (κ1) is 16.7. The molecule has 22 heavy (non-hydrogen) atoms. The van der Waals surface area contributed by atoms with Gasteiger partial charge in [-0.05, 0) is 48.2 Å². The Labute approximate surface area is 136 Å². The first-order valence-electron chi connectivity index (χ1n) is 7.80. The predicted octanol–water partition coefficient (Wildman–Crippen LogP) is 3.30. The van der Waals surface area contributed by atoms with E-state index in [2.05, 4.69) is 53.4 Å². The third kappa shape index (κ3) is 3.75. The van der Waals surface area contributed by atoms with Crippen LogP contribution in [0.3, 0.4) is 0 Å². The van der Waals surface area contributed by atoms with Gasteiger partial charge in [-0.3, -0.25) is 5.10 Å². The Hall–Kier alpha value is -1.66. The Morgan fingerprint density at radius 1 is 1.18 bits per heavy atom. The molecular weight excluding hydrogens is 296 g/mol. The normalized spacial score (nSPS) is 12.4. The molecule has 120 valence electrons. The van der Waals surface area contributed by atoms with E-state index in [0.29, 0.717) is 17.1 Å². The van der Waals surface area contributed by atoms with Crippen LogP contribution in [0.1, 0.15) is 49.4 Å². The lowest BCUT2D eigenvalue weighted by Crippen LogP contribution is -2.16. The van der Waals surface area contributed by atoms with Crippen molar-refractivity contribution in [1.29, 1.82) is 0 Å². The fourth-order valence-electron chi connectivity index (χ4n) is 2.57. The number of benzene rings is 1. The Balaban J connectivity index is 2.19. The van der Waals surface area contributed by atoms with E-state index in [0.717, 1.165) is 24.9 Å². The van der Waals surface area contributed by atoms with E-state index in [-0.39, 0.29) is 0 Å². The number of aromatic nitrogens is 3. The molecule has 2 aromatic rings. The van der Waals surface area contributed by atoms with E-state index < -0.39 is 6.10 Å². The van der Waals surface area contributed by atoms with Crippen LogP contribution in [0.15, 0.2) is 12.1 Å². The van der Waals surface area contributed by atoms with Gasteiger partial charge in [-0.1, -0.05) is 32.9 Å². The molecule has 0 saturated heterocycles. The number of anilines is 1. The third-order valence-corrected chi connectivity index (χ3v) is 4.03. The second-order valence-corrected chi connectivity index (χ2v) is 5.72. The van der Waals surface area contributed by atoms with Gasteiger partial charge in [0.2, 0.25) is 0 Å². The van der Waals surface area contributed by atoms with Gasteiger partial charge >= 0.3 is 0 Å².